The molecule has 3 heteroatoms. The number of rotatable bonds is 6. The molecule has 2 rings (SSSR count). The van der Waals surface area contributed by atoms with Gasteiger partial charge in [0.15, 0.2) is 0 Å². The van der Waals surface area contributed by atoms with Crippen molar-refractivity contribution in [2.24, 2.45) is 0 Å². The highest BCUT2D eigenvalue weighted by atomic mass is 16.5. The first-order chi connectivity index (χ1) is 8.18. The molecule has 0 atom stereocenters. The minimum atomic E-state index is -0.727. The van der Waals surface area contributed by atoms with Crippen LogP contribution in [-0.2, 0) is 21.6 Å². The molecule has 1 aromatic carbocycles. The average Bonchev–Trinajstić information content (AvgIpc) is 3.10. The van der Waals surface area contributed by atoms with Crippen LogP contribution in [0, 0.1) is 0 Å². The van der Waals surface area contributed by atoms with Crippen LogP contribution in [0.3, 0.4) is 0 Å². The van der Waals surface area contributed by atoms with Crippen LogP contribution in [0.1, 0.15) is 36.8 Å². The Labute approximate surface area is 101 Å². The lowest BCUT2D eigenvalue weighted by Gasteiger charge is -2.18. The van der Waals surface area contributed by atoms with Gasteiger partial charge in [0.1, 0.15) is 0 Å². The molecule has 0 bridgehead atoms. The van der Waals surface area contributed by atoms with E-state index in [9.17, 15) is 4.79 Å². The number of benzene rings is 1. The molecule has 0 saturated heterocycles. The van der Waals surface area contributed by atoms with Crippen molar-refractivity contribution in [2.75, 3.05) is 7.11 Å². The van der Waals surface area contributed by atoms with Crippen LogP contribution in [0.4, 0.5) is 0 Å². The minimum Gasteiger partial charge on any atom is -0.481 e. The third-order valence-corrected chi connectivity index (χ3v) is 3.44. The zero-order chi connectivity index (χ0) is 12.3. The molecule has 0 heterocycles. The lowest BCUT2D eigenvalue weighted by atomic mass is 9.96. The third kappa shape index (κ3) is 2.67. The lowest BCUT2D eigenvalue weighted by Crippen LogP contribution is -2.12. The molecule has 0 aromatic heterocycles. The quantitative estimate of drug-likeness (QED) is 0.823. The van der Waals surface area contributed by atoms with Crippen molar-refractivity contribution < 1.29 is 14.6 Å². The smallest absolute Gasteiger partial charge is 0.303 e. The zero-order valence-electron chi connectivity index (χ0n) is 10.1. The summed E-state index contributed by atoms with van der Waals surface area (Å²) in [5.41, 5.74) is 2.39. The Bertz CT molecular complexity index is 408. The summed E-state index contributed by atoms with van der Waals surface area (Å²) < 4.78 is 5.59. The van der Waals surface area contributed by atoms with Crippen LogP contribution in [0.25, 0.3) is 0 Å². The van der Waals surface area contributed by atoms with E-state index in [-0.39, 0.29) is 12.0 Å². The highest BCUT2D eigenvalue weighted by Gasteiger charge is 2.45. The van der Waals surface area contributed by atoms with E-state index < -0.39 is 5.97 Å². The van der Waals surface area contributed by atoms with Gasteiger partial charge in [0, 0.05) is 13.5 Å². The number of methoxy groups -OCH3 is 1. The Morgan fingerprint density at radius 2 is 2.12 bits per heavy atom. The fourth-order valence-corrected chi connectivity index (χ4v) is 2.31. The Morgan fingerprint density at radius 3 is 2.71 bits per heavy atom. The minimum absolute atomic E-state index is 0.0835. The largest absolute Gasteiger partial charge is 0.481 e. The van der Waals surface area contributed by atoms with Gasteiger partial charge in [-0.05, 0) is 36.8 Å². The van der Waals surface area contributed by atoms with Gasteiger partial charge >= 0.3 is 5.97 Å². The molecule has 17 heavy (non-hydrogen) atoms. The molecule has 1 aromatic rings. The van der Waals surface area contributed by atoms with Gasteiger partial charge in [-0.1, -0.05) is 24.3 Å². The van der Waals surface area contributed by atoms with Gasteiger partial charge in [0.25, 0.3) is 0 Å². The summed E-state index contributed by atoms with van der Waals surface area (Å²) in [6, 6.07) is 8.21. The zero-order valence-corrected chi connectivity index (χ0v) is 10.1. The molecular weight excluding hydrogens is 216 g/mol. The lowest BCUT2D eigenvalue weighted by molar-refractivity contribution is -0.137. The maximum absolute atomic E-state index is 10.5. The molecule has 1 aliphatic carbocycles. The fraction of sp³-hybridized carbons (Fsp3) is 0.500. The molecule has 1 aliphatic rings. The first-order valence-electron chi connectivity index (χ1n) is 6.03. The van der Waals surface area contributed by atoms with E-state index in [2.05, 4.69) is 12.1 Å². The summed E-state index contributed by atoms with van der Waals surface area (Å²) in [7, 11) is 1.75. The number of aryl methyl sites for hydroxylation is 1. The molecular formula is C14H18O3. The van der Waals surface area contributed by atoms with E-state index in [1.807, 2.05) is 12.1 Å². The second-order valence-electron chi connectivity index (χ2n) is 4.60. The van der Waals surface area contributed by atoms with Crippen molar-refractivity contribution in [1.82, 2.24) is 0 Å². The van der Waals surface area contributed by atoms with Crippen LogP contribution in [0.5, 0.6) is 0 Å². The van der Waals surface area contributed by atoms with Gasteiger partial charge in [-0.25, -0.2) is 0 Å². The van der Waals surface area contributed by atoms with Gasteiger partial charge in [-0.2, -0.15) is 0 Å². The summed E-state index contributed by atoms with van der Waals surface area (Å²) in [5.74, 6) is -0.727. The van der Waals surface area contributed by atoms with Crippen molar-refractivity contribution >= 4 is 5.97 Å². The summed E-state index contributed by atoms with van der Waals surface area (Å²) in [6.45, 7) is 0. The van der Waals surface area contributed by atoms with Crippen LogP contribution < -0.4 is 0 Å². The number of carboxylic acid groups (broad SMARTS) is 1. The predicted octanol–water partition coefficient (Wildman–Crippen LogP) is 2.73. The summed E-state index contributed by atoms with van der Waals surface area (Å²) in [5, 5.41) is 8.65. The Hall–Kier alpha value is -1.35. The fourth-order valence-electron chi connectivity index (χ4n) is 2.31. The molecule has 0 amide bonds. The first-order valence-corrected chi connectivity index (χ1v) is 6.03. The van der Waals surface area contributed by atoms with E-state index in [4.69, 9.17) is 9.84 Å². The average molecular weight is 234 g/mol. The van der Waals surface area contributed by atoms with Gasteiger partial charge in [0.2, 0.25) is 0 Å². The maximum Gasteiger partial charge on any atom is 0.303 e. The van der Waals surface area contributed by atoms with Gasteiger partial charge in [-0.3, -0.25) is 4.79 Å². The molecule has 1 fully saturated rings. The number of hydrogen-bond donors (Lipinski definition) is 1. The van der Waals surface area contributed by atoms with Crippen molar-refractivity contribution in [3.63, 3.8) is 0 Å². The van der Waals surface area contributed by atoms with E-state index in [0.717, 1.165) is 19.3 Å². The van der Waals surface area contributed by atoms with Crippen molar-refractivity contribution in [2.45, 2.75) is 37.7 Å². The monoisotopic (exact) mass is 234 g/mol. The Morgan fingerprint density at radius 1 is 1.41 bits per heavy atom. The second kappa shape index (κ2) is 4.88. The molecule has 0 unspecified atom stereocenters. The molecule has 0 radical (unpaired) electrons. The third-order valence-electron chi connectivity index (χ3n) is 3.44. The second-order valence-corrected chi connectivity index (χ2v) is 4.60. The standard InChI is InChI=1S/C14H18O3/c1-17-14(9-10-14)12-7-3-2-5-11(12)6-4-8-13(15)16/h2-3,5,7H,4,6,8-10H2,1H3,(H,15,16). The number of hydrogen-bond acceptors (Lipinski definition) is 2. The molecule has 3 nitrogen and oxygen atoms in total. The predicted molar refractivity (Wildman–Crippen MR) is 64.9 cm³/mol. The van der Waals surface area contributed by atoms with Crippen LogP contribution >= 0.6 is 0 Å². The first kappa shape index (κ1) is 12.1. The molecule has 1 N–H and O–H groups in total. The highest BCUT2D eigenvalue weighted by Crippen LogP contribution is 2.49. The normalized spacial score (nSPS) is 16.8. The summed E-state index contributed by atoms with van der Waals surface area (Å²) in [6.07, 6.45) is 3.87. The number of aliphatic carboxylic acids is 1. The Kier molecular flexibility index (Phi) is 3.48. The summed E-state index contributed by atoms with van der Waals surface area (Å²) in [4.78, 5) is 10.5. The van der Waals surface area contributed by atoms with E-state index >= 15 is 0 Å². The highest BCUT2D eigenvalue weighted by molar-refractivity contribution is 5.66. The van der Waals surface area contributed by atoms with Crippen molar-refractivity contribution in [3.05, 3.63) is 35.4 Å². The molecule has 0 spiro atoms. The van der Waals surface area contributed by atoms with E-state index in [1.54, 1.807) is 7.11 Å². The van der Waals surface area contributed by atoms with Gasteiger partial charge in [-0.15, -0.1) is 0 Å². The van der Waals surface area contributed by atoms with Crippen molar-refractivity contribution in [3.8, 4) is 0 Å². The van der Waals surface area contributed by atoms with Gasteiger partial charge < -0.3 is 9.84 Å². The van der Waals surface area contributed by atoms with Gasteiger partial charge in [0.05, 0.1) is 5.60 Å². The van der Waals surface area contributed by atoms with Crippen LogP contribution in [0.2, 0.25) is 0 Å². The van der Waals surface area contributed by atoms with Crippen LogP contribution in [0.15, 0.2) is 24.3 Å². The maximum atomic E-state index is 10.5. The van der Waals surface area contributed by atoms with Crippen molar-refractivity contribution in [1.29, 1.82) is 0 Å². The van der Waals surface area contributed by atoms with E-state index in [0.29, 0.717) is 6.42 Å². The van der Waals surface area contributed by atoms with E-state index in [1.165, 1.54) is 11.1 Å². The summed E-state index contributed by atoms with van der Waals surface area (Å²) >= 11 is 0. The molecule has 1 saturated carbocycles. The number of carboxylic acids is 1. The topological polar surface area (TPSA) is 46.5 Å². The SMILES string of the molecule is COC1(c2ccccc2CCCC(=O)O)CC1. The Balaban J connectivity index is 2.09. The number of ether oxygens (including phenoxy) is 1. The number of carbonyl (C=O) groups is 1. The molecule has 92 valence electrons. The molecule has 0 aliphatic heterocycles. The van der Waals surface area contributed by atoms with Crippen LogP contribution in [-0.4, -0.2) is 18.2 Å².